The molecule has 0 radical (unpaired) electrons. The van der Waals surface area contributed by atoms with Crippen molar-refractivity contribution in [2.45, 2.75) is 31.7 Å². The third kappa shape index (κ3) is 3.91. The van der Waals surface area contributed by atoms with Crippen molar-refractivity contribution in [2.75, 3.05) is 26.2 Å². The van der Waals surface area contributed by atoms with Gasteiger partial charge in [-0.15, -0.1) is 6.58 Å². The maximum Gasteiger partial charge on any atom is 0.247 e. The zero-order chi connectivity index (χ0) is 16.0. The van der Waals surface area contributed by atoms with E-state index in [1.165, 1.54) is 10.4 Å². The largest absolute Gasteiger partial charge is 0.395 e. The van der Waals surface area contributed by atoms with E-state index >= 15 is 0 Å². The van der Waals surface area contributed by atoms with Crippen LogP contribution in [0.4, 0.5) is 0 Å². The first-order valence-electron chi connectivity index (χ1n) is 6.86. The Labute approximate surface area is 126 Å². The third-order valence-electron chi connectivity index (χ3n) is 3.17. The maximum absolute atomic E-state index is 12.7. The molecule has 0 saturated heterocycles. The lowest BCUT2D eigenvalue weighted by atomic mass is 10.4. The average Bonchev–Trinajstić information content (AvgIpc) is 2.71. The number of rotatable bonds is 9. The average molecular weight is 316 g/mol. The zero-order valence-electron chi connectivity index (χ0n) is 12.6. The second-order valence-electron chi connectivity index (χ2n) is 4.74. The van der Waals surface area contributed by atoms with E-state index in [0.29, 0.717) is 24.5 Å². The number of nitrogens with two attached hydrogens (primary N) is 1. The van der Waals surface area contributed by atoms with Crippen molar-refractivity contribution in [3.8, 4) is 0 Å². The minimum Gasteiger partial charge on any atom is -0.395 e. The summed E-state index contributed by atoms with van der Waals surface area (Å²) in [7, 11) is -3.70. The summed E-state index contributed by atoms with van der Waals surface area (Å²) < 4.78 is 28.3. The molecule has 0 aliphatic carbocycles. The number of hydrogen-bond donors (Lipinski definition) is 2. The van der Waals surface area contributed by atoms with Gasteiger partial charge in [0.1, 0.15) is 4.90 Å². The van der Waals surface area contributed by atoms with Crippen molar-refractivity contribution < 1.29 is 13.5 Å². The summed E-state index contributed by atoms with van der Waals surface area (Å²) in [6.07, 6.45) is 2.23. The van der Waals surface area contributed by atoms with Gasteiger partial charge in [-0.2, -0.15) is 9.40 Å². The predicted octanol–water partition coefficient (Wildman–Crippen LogP) is 0.0177. The molecule has 8 heteroatoms. The third-order valence-corrected chi connectivity index (χ3v) is 5.29. The highest BCUT2D eigenvalue weighted by atomic mass is 32.2. The summed E-state index contributed by atoms with van der Waals surface area (Å²) in [5.41, 5.74) is 6.52. The van der Waals surface area contributed by atoms with Crippen molar-refractivity contribution in [1.29, 1.82) is 0 Å². The Hall–Kier alpha value is -1.22. The minimum atomic E-state index is -3.70. The van der Waals surface area contributed by atoms with Gasteiger partial charge in [-0.1, -0.05) is 6.08 Å². The number of aliphatic hydroxyl groups excluding tert-OH is 1. The molecule has 1 aromatic heterocycles. The Morgan fingerprint density at radius 3 is 2.67 bits per heavy atom. The Morgan fingerprint density at radius 2 is 2.14 bits per heavy atom. The van der Waals surface area contributed by atoms with Gasteiger partial charge in [-0.3, -0.25) is 4.68 Å². The SMILES string of the molecule is C=CCN(CCO)S(=O)(=O)c1c(C)nn(CCCN)c1C. The van der Waals surface area contributed by atoms with Crippen LogP contribution in [-0.4, -0.2) is 53.9 Å². The van der Waals surface area contributed by atoms with E-state index < -0.39 is 10.0 Å². The molecule has 0 fully saturated rings. The summed E-state index contributed by atoms with van der Waals surface area (Å²) in [6.45, 7) is 8.00. The molecule has 0 bridgehead atoms. The Kier molecular flexibility index (Phi) is 6.53. The highest BCUT2D eigenvalue weighted by Crippen LogP contribution is 2.23. The van der Waals surface area contributed by atoms with Crippen LogP contribution >= 0.6 is 0 Å². The number of hydrogen-bond acceptors (Lipinski definition) is 5. The lowest BCUT2D eigenvalue weighted by Gasteiger charge is -2.19. The summed E-state index contributed by atoms with van der Waals surface area (Å²) in [4.78, 5) is 0.204. The van der Waals surface area contributed by atoms with Crippen LogP contribution in [0.25, 0.3) is 0 Å². The van der Waals surface area contributed by atoms with Crippen LogP contribution in [0.3, 0.4) is 0 Å². The molecule has 1 aromatic rings. The van der Waals surface area contributed by atoms with Crippen LogP contribution in [0.2, 0.25) is 0 Å². The predicted molar refractivity (Wildman–Crippen MR) is 81.4 cm³/mol. The summed E-state index contributed by atoms with van der Waals surface area (Å²) >= 11 is 0. The van der Waals surface area contributed by atoms with Gasteiger partial charge in [0.25, 0.3) is 0 Å². The van der Waals surface area contributed by atoms with Crippen LogP contribution in [0, 0.1) is 13.8 Å². The fourth-order valence-electron chi connectivity index (χ4n) is 2.21. The molecule has 0 aliphatic rings. The molecule has 0 atom stereocenters. The fraction of sp³-hybridized carbons (Fsp3) is 0.615. The van der Waals surface area contributed by atoms with Crippen LogP contribution in [0.15, 0.2) is 17.6 Å². The fourth-order valence-corrected chi connectivity index (χ4v) is 3.98. The van der Waals surface area contributed by atoms with E-state index in [2.05, 4.69) is 11.7 Å². The normalized spacial score (nSPS) is 12.0. The Bertz CT molecular complexity index is 580. The molecule has 0 spiro atoms. The smallest absolute Gasteiger partial charge is 0.247 e. The van der Waals surface area contributed by atoms with E-state index in [4.69, 9.17) is 10.8 Å². The van der Waals surface area contributed by atoms with Gasteiger partial charge in [-0.05, 0) is 26.8 Å². The Morgan fingerprint density at radius 1 is 1.48 bits per heavy atom. The van der Waals surface area contributed by atoms with Crippen molar-refractivity contribution in [3.05, 3.63) is 24.0 Å². The molecular weight excluding hydrogens is 292 g/mol. The quantitative estimate of drug-likeness (QED) is 0.625. The highest BCUT2D eigenvalue weighted by molar-refractivity contribution is 7.89. The summed E-state index contributed by atoms with van der Waals surface area (Å²) in [5, 5.41) is 13.3. The lowest BCUT2D eigenvalue weighted by molar-refractivity contribution is 0.260. The van der Waals surface area contributed by atoms with Crippen molar-refractivity contribution in [3.63, 3.8) is 0 Å². The van der Waals surface area contributed by atoms with Crippen LogP contribution in [0.5, 0.6) is 0 Å². The van der Waals surface area contributed by atoms with Gasteiger partial charge in [0, 0.05) is 19.6 Å². The zero-order valence-corrected chi connectivity index (χ0v) is 13.4. The summed E-state index contributed by atoms with van der Waals surface area (Å²) in [6, 6.07) is 0. The second-order valence-corrected chi connectivity index (χ2v) is 6.62. The molecule has 0 saturated carbocycles. The molecule has 120 valence electrons. The molecule has 1 rings (SSSR count). The molecule has 0 aliphatic heterocycles. The van der Waals surface area contributed by atoms with Gasteiger partial charge >= 0.3 is 0 Å². The maximum atomic E-state index is 12.7. The van der Waals surface area contributed by atoms with E-state index in [1.807, 2.05) is 0 Å². The van der Waals surface area contributed by atoms with Gasteiger partial charge in [0.2, 0.25) is 10.0 Å². The van der Waals surface area contributed by atoms with E-state index in [-0.39, 0.29) is 24.6 Å². The Balaban J connectivity index is 3.23. The van der Waals surface area contributed by atoms with Crippen molar-refractivity contribution in [1.82, 2.24) is 14.1 Å². The van der Waals surface area contributed by atoms with Gasteiger partial charge < -0.3 is 10.8 Å². The molecule has 3 N–H and O–H groups in total. The first kappa shape index (κ1) is 17.8. The number of nitrogens with zero attached hydrogens (tertiary/aromatic N) is 3. The van der Waals surface area contributed by atoms with E-state index in [1.54, 1.807) is 18.5 Å². The molecular formula is C13H24N4O3S. The molecule has 7 nitrogen and oxygen atoms in total. The topological polar surface area (TPSA) is 101 Å². The molecule has 21 heavy (non-hydrogen) atoms. The second kappa shape index (κ2) is 7.69. The van der Waals surface area contributed by atoms with Gasteiger partial charge in [-0.25, -0.2) is 8.42 Å². The van der Waals surface area contributed by atoms with E-state index in [0.717, 1.165) is 6.42 Å². The van der Waals surface area contributed by atoms with Gasteiger partial charge in [0.05, 0.1) is 18.0 Å². The minimum absolute atomic E-state index is 0.0290. The number of aryl methyl sites for hydroxylation is 2. The number of sulfonamides is 1. The molecule has 0 aromatic carbocycles. The molecule has 1 heterocycles. The van der Waals surface area contributed by atoms with Gasteiger partial charge in [0.15, 0.2) is 0 Å². The first-order valence-corrected chi connectivity index (χ1v) is 8.30. The monoisotopic (exact) mass is 316 g/mol. The molecule has 0 unspecified atom stereocenters. The standard InChI is InChI=1S/C13H24N4O3S/c1-4-7-16(9-10-18)21(19,20)13-11(2)15-17(12(13)3)8-5-6-14/h4,18H,1,5-10,14H2,2-3H3. The lowest BCUT2D eigenvalue weighted by Crippen LogP contribution is -2.34. The highest BCUT2D eigenvalue weighted by Gasteiger charge is 2.29. The number of aliphatic hydroxyl groups is 1. The van der Waals surface area contributed by atoms with Crippen molar-refractivity contribution in [2.24, 2.45) is 5.73 Å². The van der Waals surface area contributed by atoms with E-state index in [9.17, 15) is 8.42 Å². The molecule has 0 amide bonds. The van der Waals surface area contributed by atoms with Crippen LogP contribution < -0.4 is 5.73 Å². The van der Waals surface area contributed by atoms with Crippen molar-refractivity contribution >= 4 is 10.0 Å². The van der Waals surface area contributed by atoms with Crippen LogP contribution in [0.1, 0.15) is 17.8 Å². The van der Waals surface area contributed by atoms with Crippen LogP contribution in [-0.2, 0) is 16.6 Å². The summed E-state index contributed by atoms with van der Waals surface area (Å²) in [5.74, 6) is 0. The first-order chi connectivity index (χ1) is 9.89. The number of aromatic nitrogens is 2.